The van der Waals surface area contributed by atoms with Gasteiger partial charge in [0.25, 0.3) is 5.91 Å². The average Bonchev–Trinajstić information content (AvgIpc) is 3.31. The number of benzene rings is 2. The van der Waals surface area contributed by atoms with Gasteiger partial charge in [0, 0.05) is 53.6 Å². The fourth-order valence-electron chi connectivity index (χ4n) is 4.13. The molecule has 1 amide bonds. The molecule has 1 aliphatic rings. The van der Waals surface area contributed by atoms with Crippen molar-refractivity contribution in [2.24, 2.45) is 0 Å². The first-order valence-corrected chi connectivity index (χ1v) is 10.6. The van der Waals surface area contributed by atoms with Crippen molar-refractivity contribution in [3.63, 3.8) is 0 Å². The van der Waals surface area contributed by atoms with Gasteiger partial charge in [-0.2, -0.15) is 0 Å². The average molecular weight is 433 g/mol. The number of hydrogen-bond acceptors (Lipinski definition) is 5. The quantitative estimate of drug-likeness (QED) is 0.458. The zero-order chi connectivity index (χ0) is 22.2. The Hall–Kier alpha value is -4.52. The lowest BCUT2D eigenvalue weighted by molar-refractivity contribution is 0.0950. The number of carbonyl (C=O) groups is 1. The van der Waals surface area contributed by atoms with Gasteiger partial charge in [0.2, 0.25) is 5.78 Å². The highest BCUT2D eigenvalue weighted by molar-refractivity contribution is 5.95. The molecule has 1 N–H and O–H groups in total. The van der Waals surface area contributed by atoms with Crippen LogP contribution in [0.3, 0.4) is 0 Å². The van der Waals surface area contributed by atoms with Gasteiger partial charge in [-0.25, -0.2) is 9.97 Å². The van der Waals surface area contributed by atoms with Gasteiger partial charge in [-0.15, -0.1) is 0 Å². The van der Waals surface area contributed by atoms with E-state index in [2.05, 4.69) is 26.3 Å². The Balaban J connectivity index is 1.20. The number of fused-ring (bicyclic) bond motifs is 4. The van der Waals surface area contributed by atoms with Crippen LogP contribution in [0.4, 0.5) is 0 Å². The number of aromatic nitrogens is 4. The second-order valence-corrected chi connectivity index (χ2v) is 7.85. The third-order valence-electron chi connectivity index (χ3n) is 5.79. The number of rotatable bonds is 4. The molecule has 0 saturated carbocycles. The summed E-state index contributed by atoms with van der Waals surface area (Å²) in [5, 5.41) is 3.01. The number of amides is 1. The predicted octanol–water partition coefficient (Wildman–Crippen LogP) is 4.28. The van der Waals surface area contributed by atoms with Gasteiger partial charge in [0.15, 0.2) is 0 Å². The van der Waals surface area contributed by atoms with Crippen LogP contribution in [0.1, 0.15) is 21.5 Å². The first kappa shape index (κ1) is 19.2. The summed E-state index contributed by atoms with van der Waals surface area (Å²) in [6.07, 6.45) is 9.05. The summed E-state index contributed by atoms with van der Waals surface area (Å²) in [7, 11) is 0. The minimum atomic E-state index is -0.147. The van der Waals surface area contributed by atoms with Gasteiger partial charge < -0.3 is 10.1 Å². The Morgan fingerprint density at radius 2 is 1.97 bits per heavy atom. The van der Waals surface area contributed by atoms with E-state index in [9.17, 15) is 4.79 Å². The van der Waals surface area contributed by atoms with Crippen molar-refractivity contribution in [3.8, 4) is 28.1 Å². The normalized spacial score (nSPS) is 12.0. The summed E-state index contributed by atoms with van der Waals surface area (Å²) < 4.78 is 7.81. The maximum Gasteiger partial charge on any atom is 0.251 e. The van der Waals surface area contributed by atoms with E-state index < -0.39 is 0 Å². The highest BCUT2D eigenvalue weighted by Crippen LogP contribution is 2.37. The number of pyridine rings is 1. The standard InChI is InChI=1S/C26H19N5O2/c32-25(19-5-6-22-21-7-9-27-14-20(21)16-33-24(22)12-19)29-13-17-3-1-4-18(11-17)23-15-30-26-28-8-2-10-31(23)26/h1-12,14-15H,13,16H2,(H,29,32). The second kappa shape index (κ2) is 7.87. The zero-order valence-corrected chi connectivity index (χ0v) is 17.6. The SMILES string of the molecule is O=C(NCc1cccc(-c2cnc3ncccn23)c1)c1ccc2c(c1)OCc1cnccc1-2. The molecule has 7 heteroatoms. The summed E-state index contributed by atoms with van der Waals surface area (Å²) in [5.41, 5.74) is 6.64. The highest BCUT2D eigenvalue weighted by Gasteiger charge is 2.19. The Kier molecular flexibility index (Phi) is 4.58. The van der Waals surface area contributed by atoms with E-state index in [0.717, 1.165) is 33.5 Å². The van der Waals surface area contributed by atoms with E-state index in [0.29, 0.717) is 30.2 Å². The fourth-order valence-corrected chi connectivity index (χ4v) is 4.13. The van der Waals surface area contributed by atoms with Gasteiger partial charge >= 0.3 is 0 Å². The van der Waals surface area contributed by atoms with Crippen LogP contribution in [0.15, 0.2) is 85.6 Å². The first-order valence-electron chi connectivity index (χ1n) is 10.6. The molecule has 7 nitrogen and oxygen atoms in total. The van der Waals surface area contributed by atoms with Crippen LogP contribution in [0.25, 0.3) is 28.2 Å². The molecule has 4 heterocycles. The number of nitrogens with zero attached hydrogens (tertiary/aromatic N) is 4. The molecular weight excluding hydrogens is 414 g/mol. The van der Waals surface area contributed by atoms with Crippen LogP contribution < -0.4 is 10.1 Å². The smallest absolute Gasteiger partial charge is 0.251 e. The maximum absolute atomic E-state index is 12.8. The monoisotopic (exact) mass is 433 g/mol. The third kappa shape index (κ3) is 3.49. The summed E-state index contributed by atoms with van der Waals surface area (Å²) in [4.78, 5) is 25.6. The van der Waals surface area contributed by atoms with Gasteiger partial charge in [-0.3, -0.25) is 14.2 Å². The minimum absolute atomic E-state index is 0.147. The van der Waals surface area contributed by atoms with Crippen molar-refractivity contribution in [1.29, 1.82) is 0 Å². The highest BCUT2D eigenvalue weighted by atomic mass is 16.5. The van der Waals surface area contributed by atoms with Crippen molar-refractivity contribution in [1.82, 2.24) is 24.7 Å². The van der Waals surface area contributed by atoms with E-state index in [1.165, 1.54) is 0 Å². The number of nitrogens with one attached hydrogen (secondary N) is 1. The number of imidazole rings is 1. The van der Waals surface area contributed by atoms with Crippen molar-refractivity contribution >= 4 is 11.7 Å². The van der Waals surface area contributed by atoms with Gasteiger partial charge in [0.1, 0.15) is 12.4 Å². The first-order chi connectivity index (χ1) is 16.3. The molecule has 2 aromatic carbocycles. The summed E-state index contributed by atoms with van der Waals surface area (Å²) in [5.74, 6) is 1.22. The van der Waals surface area contributed by atoms with Gasteiger partial charge in [0.05, 0.1) is 11.9 Å². The molecule has 0 bridgehead atoms. The van der Waals surface area contributed by atoms with Gasteiger partial charge in [-0.1, -0.05) is 18.2 Å². The molecular formula is C26H19N5O2. The zero-order valence-electron chi connectivity index (χ0n) is 17.6. The van der Waals surface area contributed by atoms with Crippen LogP contribution in [-0.4, -0.2) is 25.3 Å². The minimum Gasteiger partial charge on any atom is -0.488 e. The van der Waals surface area contributed by atoms with Crippen molar-refractivity contribution in [2.45, 2.75) is 13.2 Å². The lowest BCUT2D eigenvalue weighted by atomic mass is 9.97. The molecule has 6 rings (SSSR count). The lowest BCUT2D eigenvalue weighted by Crippen LogP contribution is -2.23. The van der Waals surface area contributed by atoms with Crippen molar-refractivity contribution < 1.29 is 9.53 Å². The third-order valence-corrected chi connectivity index (χ3v) is 5.79. The van der Waals surface area contributed by atoms with Crippen LogP contribution in [0, 0.1) is 0 Å². The molecule has 3 aromatic heterocycles. The number of carbonyl (C=O) groups excluding carboxylic acids is 1. The van der Waals surface area contributed by atoms with E-state index in [-0.39, 0.29) is 5.91 Å². The van der Waals surface area contributed by atoms with E-state index >= 15 is 0 Å². The summed E-state index contributed by atoms with van der Waals surface area (Å²) >= 11 is 0. The molecule has 0 radical (unpaired) electrons. The Bertz CT molecular complexity index is 1510. The summed E-state index contributed by atoms with van der Waals surface area (Å²) in [6.45, 7) is 0.862. The fraction of sp³-hybridized carbons (Fsp3) is 0.0769. The van der Waals surface area contributed by atoms with Crippen LogP contribution in [0.5, 0.6) is 5.75 Å². The topological polar surface area (TPSA) is 81.4 Å². The van der Waals surface area contributed by atoms with Crippen LogP contribution in [-0.2, 0) is 13.2 Å². The molecule has 5 aromatic rings. The Morgan fingerprint density at radius 3 is 2.94 bits per heavy atom. The largest absolute Gasteiger partial charge is 0.488 e. The van der Waals surface area contributed by atoms with E-state index in [4.69, 9.17) is 4.74 Å². The molecule has 160 valence electrons. The van der Waals surface area contributed by atoms with Gasteiger partial charge in [-0.05, 0) is 47.5 Å². The Morgan fingerprint density at radius 1 is 1.00 bits per heavy atom. The van der Waals surface area contributed by atoms with Crippen LogP contribution in [0.2, 0.25) is 0 Å². The molecule has 33 heavy (non-hydrogen) atoms. The van der Waals surface area contributed by atoms with Crippen LogP contribution >= 0.6 is 0 Å². The van der Waals surface area contributed by atoms with E-state index in [1.54, 1.807) is 24.7 Å². The van der Waals surface area contributed by atoms with Crippen molar-refractivity contribution in [3.05, 3.63) is 102 Å². The lowest BCUT2D eigenvalue weighted by Gasteiger charge is -2.20. The molecule has 0 atom stereocenters. The Labute approximate surface area is 189 Å². The molecule has 0 unspecified atom stereocenters. The number of ether oxygens (including phenoxy) is 1. The molecule has 0 saturated heterocycles. The van der Waals surface area contributed by atoms with E-state index in [1.807, 2.05) is 59.3 Å². The maximum atomic E-state index is 12.8. The molecule has 0 fully saturated rings. The predicted molar refractivity (Wildman–Crippen MR) is 124 cm³/mol. The second-order valence-electron chi connectivity index (χ2n) is 7.85. The number of hydrogen-bond donors (Lipinski definition) is 1. The molecule has 0 spiro atoms. The molecule has 1 aliphatic heterocycles. The summed E-state index contributed by atoms with van der Waals surface area (Å²) in [6, 6.07) is 17.5. The van der Waals surface area contributed by atoms with Crippen molar-refractivity contribution in [2.75, 3.05) is 0 Å². The molecule has 0 aliphatic carbocycles.